The van der Waals surface area contributed by atoms with Gasteiger partial charge in [-0.05, 0) is 108 Å². The summed E-state index contributed by atoms with van der Waals surface area (Å²) >= 11 is 30.2. The first-order valence-corrected chi connectivity index (χ1v) is 7.52. The predicted octanol–water partition coefficient (Wildman–Crippen LogP) is 5.80. The molecular weight excluding hydrogens is 407 g/mol. The third-order valence-corrected chi connectivity index (χ3v) is 2.09. The van der Waals surface area contributed by atoms with Crippen molar-refractivity contribution in [2.24, 2.45) is 0 Å². The molecule has 0 bridgehead atoms. The Hall–Kier alpha value is 0.160. The number of alkyl halides is 6. The van der Waals surface area contributed by atoms with E-state index in [0.29, 0.717) is 0 Å². The predicted molar refractivity (Wildman–Crippen MR) is 86.6 cm³/mol. The fourth-order valence-corrected chi connectivity index (χ4v) is 1.63. The summed E-state index contributed by atoms with van der Waals surface area (Å²) in [6.45, 7) is 6.11. The average molecular weight is 418 g/mol. The Kier molecular flexibility index (Phi) is 8.77. The van der Waals surface area contributed by atoms with Crippen LogP contribution in [-0.4, -0.2) is 19.1 Å². The van der Waals surface area contributed by atoms with Gasteiger partial charge in [0.15, 0.2) is 0 Å². The van der Waals surface area contributed by atoms with Gasteiger partial charge in [-0.3, -0.25) is 4.98 Å². The highest BCUT2D eigenvalue weighted by Crippen LogP contribution is 2.32. The lowest BCUT2D eigenvalue weighted by molar-refractivity contribution is 0.0508. The van der Waals surface area contributed by atoms with Gasteiger partial charge in [0.1, 0.15) is 0 Å². The van der Waals surface area contributed by atoms with E-state index >= 15 is 0 Å². The number of rotatable bonds is 0. The van der Waals surface area contributed by atoms with Gasteiger partial charge in [0, 0.05) is 11.4 Å². The molecule has 0 atom stereocenters. The first kappa shape index (κ1) is 21.2. The van der Waals surface area contributed by atoms with Crippen LogP contribution in [0.15, 0.2) is 12.1 Å². The van der Waals surface area contributed by atoms with Gasteiger partial charge in [-0.25, -0.2) is 4.79 Å². The van der Waals surface area contributed by atoms with Crippen LogP contribution in [0.1, 0.15) is 17.0 Å². The van der Waals surface area contributed by atoms with Gasteiger partial charge in [-0.1, -0.05) is 0 Å². The summed E-state index contributed by atoms with van der Waals surface area (Å²) < 4.78 is 3.50. The van der Waals surface area contributed by atoms with Crippen molar-refractivity contribution < 1.29 is 14.3 Å². The molecule has 1 aromatic rings. The lowest BCUT2D eigenvalue weighted by Crippen LogP contribution is -2.22. The van der Waals surface area contributed by atoms with Crippen molar-refractivity contribution in [2.45, 2.75) is 28.7 Å². The number of halogens is 6. The van der Waals surface area contributed by atoms with Crippen LogP contribution in [0, 0.1) is 20.8 Å². The van der Waals surface area contributed by atoms with Gasteiger partial charge in [0.05, 0.1) is 0 Å². The van der Waals surface area contributed by atoms with Crippen LogP contribution in [-0.2, 0) is 9.47 Å². The molecule has 4 nitrogen and oxygen atoms in total. The lowest BCUT2D eigenvalue weighted by atomic mass is 10.2. The molecule has 0 saturated carbocycles. The van der Waals surface area contributed by atoms with Crippen LogP contribution in [0.3, 0.4) is 0 Å². The average Bonchev–Trinajstić information content (AvgIpc) is 2.07. The molecule has 1 rings (SSSR count). The van der Waals surface area contributed by atoms with E-state index < -0.39 is 14.1 Å². The number of aryl methyl sites for hydroxylation is 3. The number of aromatic nitrogens is 1. The smallest absolute Gasteiger partial charge is 0.382 e. The summed E-state index contributed by atoms with van der Waals surface area (Å²) in [6.07, 6.45) is -1.41. The molecule has 1 aromatic heterocycles. The highest BCUT2D eigenvalue weighted by Gasteiger charge is 2.32. The van der Waals surface area contributed by atoms with Crippen LogP contribution in [0.4, 0.5) is 4.79 Å². The van der Waals surface area contributed by atoms with Gasteiger partial charge in [-0.15, -0.1) is 0 Å². The van der Waals surface area contributed by atoms with E-state index in [1.807, 2.05) is 13.8 Å². The zero-order chi connectivity index (χ0) is 16.8. The van der Waals surface area contributed by atoms with Crippen molar-refractivity contribution in [3.8, 4) is 0 Å². The Morgan fingerprint density at radius 2 is 1.24 bits per heavy atom. The van der Waals surface area contributed by atoms with Gasteiger partial charge < -0.3 is 9.47 Å². The molecule has 0 saturated heterocycles. The molecule has 0 aliphatic heterocycles. The number of nitrogens with zero attached hydrogens (tertiary/aromatic N) is 1. The minimum atomic E-state index is -2.24. The molecule has 0 aromatic carbocycles. The minimum absolute atomic E-state index is 1.10. The normalized spacial score (nSPS) is 11.3. The van der Waals surface area contributed by atoms with Crippen LogP contribution < -0.4 is 0 Å². The van der Waals surface area contributed by atoms with Crippen LogP contribution in [0.2, 0.25) is 0 Å². The number of hydrogen-bond donors (Lipinski definition) is 0. The lowest BCUT2D eigenvalue weighted by Gasteiger charge is -2.15. The van der Waals surface area contributed by atoms with Crippen LogP contribution in [0.25, 0.3) is 0 Å². The number of carbonyl (C=O) groups excluding carboxylic acids is 1. The van der Waals surface area contributed by atoms with E-state index in [1.54, 1.807) is 0 Å². The zero-order valence-electron chi connectivity index (χ0n) is 11.1. The molecule has 1 heterocycles. The first-order chi connectivity index (χ1) is 9.28. The first-order valence-electron chi connectivity index (χ1n) is 5.26. The maximum atomic E-state index is 10.5. The molecule has 10 heteroatoms. The topological polar surface area (TPSA) is 48.4 Å². The highest BCUT2D eigenvalue weighted by molar-refractivity contribution is 6.67. The number of pyridine rings is 1. The minimum Gasteiger partial charge on any atom is -0.382 e. The third kappa shape index (κ3) is 13.5. The summed E-state index contributed by atoms with van der Waals surface area (Å²) in [5, 5.41) is 0. The summed E-state index contributed by atoms with van der Waals surface area (Å²) in [4.78, 5) is 14.8. The van der Waals surface area contributed by atoms with Crippen molar-refractivity contribution in [1.82, 2.24) is 4.98 Å². The molecule has 0 amide bonds. The second-order valence-corrected chi connectivity index (χ2v) is 8.13. The Morgan fingerprint density at radius 3 is 1.48 bits per heavy atom. The van der Waals surface area contributed by atoms with E-state index in [2.05, 4.69) is 33.5 Å². The van der Waals surface area contributed by atoms with Gasteiger partial charge in [-0.2, -0.15) is 0 Å². The summed E-state index contributed by atoms with van der Waals surface area (Å²) in [5.41, 5.74) is 3.50. The maximum Gasteiger partial charge on any atom is 0.515 e. The van der Waals surface area contributed by atoms with Crippen molar-refractivity contribution in [2.75, 3.05) is 0 Å². The summed E-state index contributed by atoms with van der Waals surface area (Å²) in [7, 11) is 0. The van der Waals surface area contributed by atoms with E-state index in [-0.39, 0.29) is 0 Å². The van der Waals surface area contributed by atoms with Crippen molar-refractivity contribution >= 4 is 75.8 Å². The maximum absolute atomic E-state index is 10.5. The molecule has 0 unspecified atom stereocenters. The quantitative estimate of drug-likeness (QED) is 0.395. The van der Waals surface area contributed by atoms with Gasteiger partial charge in [0.25, 0.3) is 0 Å². The second-order valence-electron chi connectivity index (χ2n) is 3.77. The summed E-state index contributed by atoms with van der Waals surface area (Å²) in [5.74, 6) is 0. The van der Waals surface area contributed by atoms with E-state index in [1.165, 1.54) is 5.56 Å². The zero-order valence-corrected chi connectivity index (χ0v) is 15.6. The van der Waals surface area contributed by atoms with Gasteiger partial charge in [0.2, 0.25) is 0 Å². The molecule has 0 fully saturated rings. The molecule has 21 heavy (non-hydrogen) atoms. The molecular formula is C11H11Cl6NO3. The molecule has 0 aliphatic carbocycles. The van der Waals surface area contributed by atoms with Crippen molar-refractivity contribution in [3.63, 3.8) is 0 Å². The van der Waals surface area contributed by atoms with Crippen LogP contribution in [0.5, 0.6) is 0 Å². The SMILES string of the molecule is Cc1cc(C)nc(C)c1.O=C(OC(Cl)(Cl)Cl)OC(Cl)(Cl)Cl. The largest absolute Gasteiger partial charge is 0.515 e. The molecule has 0 spiro atoms. The van der Waals surface area contributed by atoms with Crippen molar-refractivity contribution in [1.29, 1.82) is 0 Å². The fourth-order valence-electron chi connectivity index (χ4n) is 1.25. The number of ether oxygens (including phenoxy) is 2. The van der Waals surface area contributed by atoms with E-state index in [0.717, 1.165) is 11.4 Å². The summed E-state index contributed by atoms with van der Waals surface area (Å²) in [6, 6.07) is 4.15. The number of hydrogen-bond acceptors (Lipinski definition) is 4. The third-order valence-electron chi connectivity index (χ3n) is 1.62. The van der Waals surface area contributed by atoms with E-state index in [4.69, 9.17) is 69.6 Å². The molecule has 120 valence electrons. The monoisotopic (exact) mass is 415 g/mol. The molecule has 0 radical (unpaired) electrons. The Labute approximate surface area is 152 Å². The Balaban J connectivity index is 0.000000394. The van der Waals surface area contributed by atoms with Crippen LogP contribution >= 0.6 is 69.6 Å². The second kappa shape index (κ2) is 8.70. The Bertz CT molecular complexity index is 415. The molecule has 0 aliphatic rings. The van der Waals surface area contributed by atoms with Gasteiger partial charge >= 0.3 is 14.1 Å². The standard InChI is InChI=1S/C8H11N.C3Cl6O3/c1-6-4-7(2)9-8(3)5-6;4-2(5,6)11-1(10)12-3(7,8)9/h4-5H,1-3H3;. The molecule has 0 N–H and O–H groups in total. The highest BCUT2D eigenvalue weighted by atomic mass is 35.6. The number of carbonyl (C=O) groups is 1. The van der Waals surface area contributed by atoms with E-state index in [9.17, 15) is 4.79 Å². The Morgan fingerprint density at radius 1 is 0.905 bits per heavy atom. The fraction of sp³-hybridized carbons (Fsp3) is 0.455. The van der Waals surface area contributed by atoms with Crippen molar-refractivity contribution in [3.05, 3.63) is 29.1 Å².